The maximum absolute atomic E-state index is 11.8. The molecule has 0 fully saturated rings. The van der Waals surface area contributed by atoms with Crippen molar-refractivity contribution in [1.29, 1.82) is 0 Å². The molecular weight excluding hydrogens is 207 g/mol. The Kier molecular flexibility index (Phi) is 3.60. The van der Waals surface area contributed by atoms with Crippen molar-refractivity contribution in [2.45, 2.75) is 25.9 Å². The SMILES string of the molecule is Cc1nn(C)cc1NCCCC(F)(F)F. The molecule has 15 heavy (non-hydrogen) atoms. The minimum Gasteiger partial charge on any atom is -0.382 e. The second-order valence-corrected chi connectivity index (χ2v) is 3.45. The average Bonchev–Trinajstić information content (AvgIpc) is 2.37. The van der Waals surface area contributed by atoms with Gasteiger partial charge in [-0.15, -0.1) is 0 Å². The summed E-state index contributed by atoms with van der Waals surface area (Å²) in [5.41, 5.74) is 1.59. The van der Waals surface area contributed by atoms with Gasteiger partial charge in [0.05, 0.1) is 11.4 Å². The summed E-state index contributed by atoms with van der Waals surface area (Å²) in [6.07, 6.45) is -2.98. The third-order valence-electron chi connectivity index (χ3n) is 1.97. The van der Waals surface area contributed by atoms with E-state index >= 15 is 0 Å². The molecule has 0 radical (unpaired) electrons. The highest BCUT2D eigenvalue weighted by atomic mass is 19.4. The summed E-state index contributed by atoms with van der Waals surface area (Å²) in [5.74, 6) is 0. The first kappa shape index (κ1) is 11.9. The first-order chi connectivity index (χ1) is 6.88. The van der Waals surface area contributed by atoms with Gasteiger partial charge in [-0.25, -0.2) is 0 Å². The van der Waals surface area contributed by atoms with Crippen LogP contribution in [-0.4, -0.2) is 22.5 Å². The normalized spacial score (nSPS) is 11.8. The Morgan fingerprint density at radius 1 is 1.47 bits per heavy atom. The summed E-state index contributed by atoms with van der Waals surface area (Å²) >= 11 is 0. The van der Waals surface area contributed by atoms with E-state index < -0.39 is 12.6 Å². The molecule has 1 aromatic rings. The van der Waals surface area contributed by atoms with Crippen LogP contribution in [-0.2, 0) is 7.05 Å². The van der Waals surface area contributed by atoms with Gasteiger partial charge in [-0.2, -0.15) is 18.3 Å². The van der Waals surface area contributed by atoms with Gasteiger partial charge < -0.3 is 5.32 Å². The van der Waals surface area contributed by atoms with Crippen LogP contribution in [0.15, 0.2) is 6.20 Å². The molecule has 6 heteroatoms. The van der Waals surface area contributed by atoms with Gasteiger partial charge in [0, 0.05) is 26.2 Å². The third kappa shape index (κ3) is 4.22. The van der Waals surface area contributed by atoms with Gasteiger partial charge in [-0.05, 0) is 13.3 Å². The van der Waals surface area contributed by atoms with Gasteiger partial charge in [-0.3, -0.25) is 4.68 Å². The molecule has 0 bridgehead atoms. The van der Waals surface area contributed by atoms with Gasteiger partial charge in [0.1, 0.15) is 0 Å². The lowest BCUT2D eigenvalue weighted by Crippen LogP contribution is -2.11. The molecule has 3 nitrogen and oxygen atoms in total. The fourth-order valence-electron chi connectivity index (χ4n) is 1.29. The van der Waals surface area contributed by atoms with Crippen molar-refractivity contribution in [1.82, 2.24) is 9.78 Å². The average molecular weight is 221 g/mol. The molecule has 0 saturated heterocycles. The zero-order valence-corrected chi connectivity index (χ0v) is 8.73. The van der Waals surface area contributed by atoms with Gasteiger partial charge in [0.15, 0.2) is 0 Å². The molecule has 0 saturated carbocycles. The van der Waals surface area contributed by atoms with E-state index in [0.717, 1.165) is 11.4 Å². The van der Waals surface area contributed by atoms with Crippen LogP contribution in [0.2, 0.25) is 0 Å². The molecule has 1 aromatic heterocycles. The predicted octanol–water partition coefficient (Wildman–Crippen LogP) is 2.48. The minimum atomic E-state index is -4.06. The quantitative estimate of drug-likeness (QED) is 0.791. The minimum absolute atomic E-state index is 0.0812. The number of anilines is 1. The Bertz CT molecular complexity index is 317. The number of hydrogen-bond acceptors (Lipinski definition) is 2. The first-order valence-electron chi connectivity index (χ1n) is 4.69. The van der Waals surface area contributed by atoms with E-state index in [0.29, 0.717) is 6.54 Å². The smallest absolute Gasteiger partial charge is 0.382 e. The summed E-state index contributed by atoms with van der Waals surface area (Å²) in [5, 5.41) is 6.99. The van der Waals surface area contributed by atoms with E-state index in [1.807, 2.05) is 6.92 Å². The van der Waals surface area contributed by atoms with Crippen molar-refractivity contribution in [2.75, 3.05) is 11.9 Å². The second-order valence-electron chi connectivity index (χ2n) is 3.45. The van der Waals surface area contributed by atoms with Crippen molar-refractivity contribution in [3.05, 3.63) is 11.9 Å². The molecule has 0 aliphatic heterocycles. The molecule has 1 rings (SSSR count). The fraction of sp³-hybridized carbons (Fsp3) is 0.667. The van der Waals surface area contributed by atoms with Crippen molar-refractivity contribution < 1.29 is 13.2 Å². The van der Waals surface area contributed by atoms with Crippen LogP contribution < -0.4 is 5.32 Å². The summed E-state index contributed by atoms with van der Waals surface area (Å²) in [4.78, 5) is 0. The Labute approximate surface area is 86.3 Å². The Hall–Kier alpha value is -1.20. The Morgan fingerprint density at radius 3 is 2.60 bits per heavy atom. The lowest BCUT2D eigenvalue weighted by atomic mass is 10.3. The monoisotopic (exact) mass is 221 g/mol. The van der Waals surface area contributed by atoms with Crippen molar-refractivity contribution in [3.63, 3.8) is 0 Å². The number of hydrogen-bond donors (Lipinski definition) is 1. The maximum atomic E-state index is 11.8. The summed E-state index contributed by atoms with van der Waals surface area (Å²) in [6, 6.07) is 0. The number of nitrogens with zero attached hydrogens (tertiary/aromatic N) is 2. The zero-order chi connectivity index (χ0) is 11.5. The van der Waals surface area contributed by atoms with Crippen molar-refractivity contribution >= 4 is 5.69 Å². The van der Waals surface area contributed by atoms with Crippen LogP contribution in [0, 0.1) is 6.92 Å². The zero-order valence-electron chi connectivity index (χ0n) is 8.73. The highest BCUT2D eigenvalue weighted by Gasteiger charge is 2.25. The standard InChI is InChI=1S/C9H14F3N3/c1-7-8(6-15(2)14-7)13-5-3-4-9(10,11)12/h6,13H,3-5H2,1-2H3. The summed E-state index contributed by atoms with van der Waals surface area (Å²) in [7, 11) is 1.77. The predicted molar refractivity (Wildman–Crippen MR) is 51.7 cm³/mol. The maximum Gasteiger partial charge on any atom is 0.389 e. The number of nitrogens with one attached hydrogen (secondary N) is 1. The van der Waals surface area contributed by atoms with Crippen LogP contribution in [0.4, 0.5) is 18.9 Å². The third-order valence-corrected chi connectivity index (χ3v) is 1.97. The van der Waals surface area contributed by atoms with Crippen LogP contribution in [0.3, 0.4) is 0 Å². The lowest BCUT2D eigenvalue weighted by Gasteiger charge is -2.07. The van der Waals surface area contributed by atoms with Crippen LogP contribution in [0.1, 0.15) is 18.5 Å². The largest absolute Gasteiger partial charge is 0.389 e. The Balaban J connectivity index is 2.29. The molecule has 0 spiro atoms. The molecular formula is C9H14F3N3. The Morgan fingerprint density at radius 2 is 2.13 bits per heavy atom. The molecule has 0 unspecified atom stereocenters. The van der Waals surface area contributed by atoms with Gasteiger partial charge in [0.25, 0.3) is 0 Å². The molecule has 0 aliphatic carbocycles. The highest BCUT2D eigenvalue weighted by molar-refractivity contribution is 5.45. The molecule has 1 heterocycles. The number of halogens is 3. The van der Waals surface area contributed by atoms with Gasteiger partial charge >= 0.3 is 6.18 Å². The van der Waals surface area contributed by atoms with Crippen LogP contribution in [0.5, 0.6) is 0 Å². The van der Waals surface area contributed by atoms with E-state index in [9.17, 15) is 13.2 Å². The number of aromatic nitrogens is 2. The molecule has 0 aromatic carbocycles. The van der Waals surface area contributed by atoms with Gasteiger partial charge in [-0.1, -0.05) is 0 Å². The molecule has 1 N–H and O–H groups in total. The summed E-state index contributed by atoms with van der Waals surface area (Å²) in [6.45, 7) is 2.12. The number of rotatable bonds is 4. The van der Waals surface area contributed by atoms with E-state index in [2.05, 4.69) is 10.4 Å². The lowest BCUT2D eigenvalue weighted by molar-refractivity contribution is -0.134. The van der Waals surface area contributed by atoms with E-state index in [1.54, 1.807) is 17.9 Å². The summed E-state index contributed by atoms with van der Waals surface area (Å²) < 4.78 is 37.1. The topological polar surface area (TPSA) is 29.9 Å². The number of alkyl halides is 3. The van der Waals surface area contributed by atoms with Crippen LogP contribution >= 0.6 is 0 Å². The molecule has 0 atom stereocenters. The molecule has 0 aliphatic rings. The van der Waals surface area contributed by atoms with E-state index in [4.69, 9.17) is 0 Å². The van der Waals surface area contributed by atoms with Crippen LogP contribution in [0.25, 0.3) is 0 Å². The molecule has 86 valence electrons. The van der Waals surface area contributed by atoms with Crippen molar-refractivity contribution in [2.24, 2.45) is 7.05 Å². The van der Waals surface area contributed by atoms with E-state index in [1.165, 1.54) is 0 Å². The number of aryl methyl sites for hydroxylation is 2. The first-order valence-corrected chi connectivity index (χ1v) is 4.69. The highest BCUT2D eigenvalue weighted by Crippen LogP contribution is 2.21. The van der Waals surface area contributed by atoms with Crippen molar-refractivity contribution in [3.8, 4) is 0 Å². The van der Waals surface area contributed by atoms with E-state index in [-0.39, 0.29) is 6.42 Å². The second kappa shape index (κ2) is 4.55. The fourth-order valence-corrected chi connectivity index (χ4v) is 1.29. The molecule has 0 amide bonds. The van der Waals surface area contributed by atoms with Gasteiger partial charge in [0.2, 0.25) is 0 Å².